The number of thiophene rings is 1. The molecule has 0 saturated heterocycles. The van der Waals surface area contributed by atoms with Crippen LogP contribution in [-0.2, 0) is 0 Å². The van der Waals surface area contributed by atoms with Crippen molar-refractivity contribution in [3.05, 3.63) is 71.2 Å². The van der Waals surface area contributed by atoms with Crippen LogP contribution in [0, 0.1) is 6.92 Å². The lowest BCUT2D eigenvalue weighted by atomic mass is 10.1. The van der Waals surface area contributed by atoms with Crippen LogP contribution in [0.25, 0.3) is 10.2 Å². The predicted molar refractivity (Wildman–Crippen MR) is 140 cm³/mol. The maximum atomic E-state index is 13.4. The van der Waals surface area contributed by atoms with Gasteiger partial charge in [0, 0.05) is 6.20 Å². The second-order valence-electron chi connectivity index (χ2n) is 9.02. The third kappa shape index (κ3) is 3.86. The molecule has 4 aromatic rings. The van der Waals surface area contributed by atoms with Crippen molar-refractivity contribution in [2.24, 2.45) is 0 Å². The summed E-state index contributed by atoms with van der Waals surface area (Å²) in [5.41, 5.74) is 2.69. The first-order valence-corrected chi connectivity index (χ1v) is 12.7. The van der Waals surface area contributed by atoms with E-state index in [9.17, 15) is 14.7 Å². The summed E-state index contributed by atoms with van der Waals surface area (Å²) >= 11 is 1.24. The number of nitrogens with one attached hydrogen (secondary N) is 2. The van der Waals surface area contributed by atoms with Crippen molar-refractivity contribution in [1.29, 1.82) is 0 Å². The number of hydrogen-bond acceptors (Lipinski definition) is 6. The first-order valence-electron chi connectivity index (χ1n) is 11.8. The van der Waals surface area contributed by atoms with Crippen molar-refractivity contribution in [3.8, 4) is 11.5 Å². The molecule has 3 heterocycles. The van der Waals surface area contributed by atoms with Gasteiger partial charge in [0.05, 0.1) is 34.6 Å². The Morgan fingerprint density at radius 1 is 1.14 bits per heavy atom. The lowest BCUT2D eigenvalue weighted by Gasteiger charge is -2.29. The lowest BCUT2D eigenvalue weighted by Crippen LogP contribution is -2.40. The van der Waals surface area contributed by atoms with Gasteiger partial charge in [0.2, 0.25) is 0 Å². The Labute approximate surface area is 211 Å². The molecule has 1 fully saturated rings. The monoisotopic (exact) mass is 500 g/mol. The molecule has 1 aliphatic heterocycles. The van der Waals surface area contributed by atoms with Gasteiger partial charge in [-0.05, 0) is 68.1 Å². The summed E-state index contributed by atoms with van der Waals surface area (Å²) in [6.07, 6.45) is 3.39. The van der Waals surface area contributed by atoms with E-state index < -0.39 is 6.10 Å². The van der Waals surface area contributed by atoms with Gasteiger partial charge in [-0.3, -0.25) is 9.69 Å². The molecule has 1 saturated carbocycles. The number of nitrogens with zero attached hydrogens (tertiary/aromatic N) is 2. The van der Waals surface area contributed by atoms with Gasteiger partial charge in [-0.2, -0.15) is 0 Å². The maximum Gasteiger partial charge on any atom is 0.331 e. The minimum Gasteiger partial charge on any atom is -0.457 e. The minimum absolute atomic E-state index is 0.280. The zero-order valence-corrected chi connectivity index (χ0v) is 20.3. The largest absolute Gasteiger partial charge is 0.457 e. The minimum atomic E-state index is -0.546. The normalized spacial score (nSPS) is 18.8. The fourth-order valence-corrected chi connectivity index (χ4v) is 5.92. The molecular formula is C27H24N4O4S. The highest BCUT2D eigenvalue weighted by molar-refractivity contribution is 7.21. The number of urea groups is 1. The maximum absolute atomic E-state index is 13.4. The van der Waals surface area contributed by atoms with Crippen LogP contribution >= 0.6 is 11.3 Å². The molecule has 0 radical (unpaired) electrons. The standard InChI is InChI=1S/C27H24N4O4S/c1-15-14-17(35-16-6-3-2-4-7-16)10-11-19(15)31-20-12-13-28-26-22(20)23(30-27(31)34)24(36-26)25(33)29-18-8-5-9-21(18)32/h2-4,6-7,10-14,18,21,32H,5,8-9H2,1H3,(H,29,33)(H,30,34)/t18-,21-/m1/s1. The third-order valence-corrected chi connectivity index (χ3v) is 7.73. The molecule has 8 nitrogen and oxygen atoms in total. The molecule has 9 heteroatoms. The molecule has 0 unspecified atom stereocenters. The number of rotatable bonds is 5. The Kier molecular flexibility index (Phi) is 5.58. The highest BCUT2D eigenvalue weighted by Crippen LogP contribution is 2.46. The number of para-hydroxylation sites is 1. The molecular weight excluding hydrogens is 476 g/mol. The Morgan fingerprint density at radius 3 is 2.72 bits per heavy atom. The number of pyridine rings is 1. The van der Waals surface area contributed by atoms with E-state index in [0.717, 1.165) is 29.5 Å². The first kappa shape index (κ1) is 22.5. The van der Waals surface area contributed by atoms with Crippen LogP contribution in [0.1, 0.15) is 34.5 Å². The molecule has 2 aliphatic rings. The number of ether oxygens (including phenoxy) is 1. The molecule has 182 valence electrons. The molecule has 2 atom stereocenters. The van der Waals surface area contributed by atoms with E-state index in [-0.39, 0.29) is 18.0 Å². The molecule has 36 heavy (non-hydrogen) atoms. The Morgan fingerprint density at radius 2 is 1.97 bits per heavy atom. The Hall–Kier alpha value is -3.95. The van der Waals surface area contributed by atoms with Crippen molar-refractivity contribution in [2.75, 3.05) is 10.2 Å². The van der Waals surface area contributed by atoms with Crippen LogP contribution in [0.15, 0.2) is 60.8 Å². The number of amides is 3. The van der Waals surface area contributed by atoms with Crippen LogP contribution in [0.2, 0.25) is 0 Å². The number of aromatic nitrogens is 1. The van der Waals surface area contributed by atoms with Gasteiger partial charge < -0.3 is 20.5 Å². The lowest BCUT2D eigenvalue weighted by molar-refractivity contribution is 0.0878. The number of carbonyl (C=O) groups is 2. The molecule has 2 aromatic heterocycles. The number of aliphatic hydroxyl groups is 1. The van der Waals surface area contributed by atoms with Crippen LogP contribution < -0.4 is 20.3 Å². The van der Waals surface area contributed by atoms with Gasteiger partial charge >= 0.3 is 6.03 Å². The number of aliphatic hydroxyl groups excluding tert-OH is 1. The molecule has 3 amide bonds. The van der Waals surface area contributed by atoms with E-state index in [0.29, 0.717) is 38.9 Å². The summed E-state index contributed by atoms with van der Waals surface area (Å²) < 4.78 is 5.94. The van der Waals surface area contributed by atoms with Crippen LogP contribution in [0.5, 0.6) is 11.5 Å². The zero-order chi connectivity index (χ0) is 24.8. The van der Waals surface area contributed by atoms with E-state index in [2.05, 4.69) is 15.6 Å². The van der Waals surface area contributed by atoms with Crippen molar-refractivity contribution in [2.45, 2.75) is 38.3 Å². The molecule has 1 aliphatic carbocycles. The number of aryl methyl sites for hydroxylation is 1. The summed E-state index contributed by atoms with van der Waals surface area (Å²) in [6.45, 7) is 1.92. The van der Waals surface area contributed by atoms with E-state index in [1.165, 1.54) is 11.3 Å². The van der Waals surface area contributed by atoms with Gasteiger partial charge in [-0.15, -0.1) is 11.3 Å². The summed E-state index contributed by atoms with van der Waals surface area (Å²) in [4.78, 5) is 33.6. The van der Waals surface area contributed by atoms with Crippen molar-refractivity contribution in [3.63, 3.8) is 0 Å². The van der Waals surface area contributed by atoms with Crippen LogP contribution in [0.4, 0.5) is 21.9 Å². The molecule has 0 bridgehead atoms. The fraction of sp³-hybridized carbons (Fsp3) is 0.222. The molecule has 6 rings (SSSR count). The summed E-state index contributed by atoms with van der Waals surface area (Å²) in [5.74, 6) is 1.09. The van der Waals surface area contributed by atoms with Crippen LogP contribution in [-0.4, -0.2) is 34.2 Å². The zero-order valence-electron chi connectivity index (χ0n) is 19.5. The highest BCUT2D eigenvalue weighted by atomic mass is 32.1. The number of benzene rings is 2. The topological polar surface area (TPSA) is 104 Å². The molecule has 2 aromatic carbocycles. The first-order chi connectivity index (χ1) is 17.5. The summed E-state index contributed by atoms with van der Waals surface area (Å²) in [6, 6.07) is 16.2. The summed E-state index contributed by atoms with van der Waals surface area (Å²) in [7, 11) is 0. The second kappa shape index (κ2) is 8.92. The second-order valence-corrected chi connectivity index (χ2v) is 10.0. The van der Waals surface area contributed by atoms with Gasteiger partial charge in [-0.1, -0.05) is 18.2 Å². The third-order valence-electron chi connectivity index (χ3n) is 6.64. The van der Waals surface area contributed by atoms with Crippen molar-refractivity contribution in [1.82, 2.24) is 10.3 Å². The number of anilines is 3. The highest BCUT2D eigenvalue weighted by Gasteiger charge is 2.35. The van der Waals surface area contributed by atoms with Gasteiger partial charge in [0.15, 0.2) is 0 Å². The Bertz CT molecular complexity index is 1490. The quantitative estimate of drug-likeness (QED) is 0.325. The van der Waals surface area contributed by atoms with E-state index >= 15 is 0 Å². The average molecular weight is 501 g/mol. The van der Waals surface area contributed by atoms with Gasteiger partial charge in [0.25, 0.3) is 5.91 Å². The fourth-order valence-electron chi connectivity index (χ4n) is 4.89. The SMILES string of the molecule is Cc1cc(Oc2ccccc2)ccc1N1C(=O)Nc2c(C(=O)N[C@@H]3CCC[C@H]3O)sc3nccc1c23. The smallest absolute Gasteiger partial charge is 0.331 e. The molecule has 0 spiro atoms. The number of hydrogen-bond donors (Lipinski definition) is 3. The van der Waals surface area contributed by atoms with E-state index in [1.807, 2.05) is 55.5 Å². The summed E-state index contributed by atoms with van der Waals surface area (Å²) in [5, 5.41) is 16.7. The van der Waals surface area contributed by atoms with E-state index in [1.54, 1.807) is 17.2 Å². The predicted octanol–water partition coefficient (Wildman–Crippen LogP) is 5.72. The van der Waals surface area contributed by atoms with E-state index in [4.69, 9.17) is 4.74 Å². The Balaban J connectivity index is 1.35. The van der Waals surface area contributed by atoms with Gasteiger partial charge in [0.1, 0.15) is 21.2 Å². The molecule has 3 N–H and O–H groups in total. The number of carbonyl (C=O) groups excluding carboxylic acids is 2. The van der Waals surface area contributed by atoms with Crippen molar-refractivity contribution >= 4 is 50.6 Å². The van der Waals surface area contributed by atoms with Gasteiger partial charge in [-0.25, -0.2) is 9.78 Å². The average Bonchev–Trinajstić information content (AvgIpc) is 3.45. The van der Waals surface area contributed by atoms with Crippen LogP contribution in [0.3, 0.4) is 0 Å². The van der Waals surface area contributed by atoms with Crippen molar-refractivity contribution < 1.29 is 19.4 Å².